The summed E-state index contributed by atoms with van der Waals surface area (Å²) in [6.07, 6.45) is 0.0582. The summed E-state index contributed by atoms with van der Waals surface area (Å²) in [5.74, 6) is -0.432. The van der Waals surface area contributed by atoms with Crippen LogP contribution in [0.5, 0.6) is 0 Å². The van der Waals surface area contributed by atoms with Gasteiger partial charge in [0.1, 0.15) is 12.4 Å². The molecule has 0 saturated carbocycles. The van der Waals surface area contributed by atoms with Gasteiger partial charge < -0.3 is 19.3 Å². The van der Waals surface area contributed by atoms with E-state index in [0.29, 0.717) is 26.2 Å². The second-order valence-electron chi connectivity index (χ2n) is 6.10. The molecule has 1 aromatic carbocycles. The molecule has 2 atom stereocenters. The van der Waals surface area contributed by atoms with Gasteiger partial charge in [-0.1, -0.05) is 12.1 Å². The summed E-state index contributed by atoms with van der Waals surface area (Å²) in [6, 6.07) is 5.79. The lowest BCUT2D eigenvalue weighted by Crippen LogP contribution is -2.54. The Balaban J connectivity index is 1.63. The second-order valence-corrected chi connectivity index (χ2v) is 6.10. The lowest BCUT2D eigenvalue weighted by Gasteiger charge is -2.36. The van der Waals surface area contributed by atoms with E-state index in [1.807, 2.05) is 0 Å². The van der Waals surface area contributed by atoms with Crippen LogP contribution in [0.1, 0.15) is 5.56 Å². The summed E-state index contributed by atoms with van der Waals surface area (Å²) in [5.41, 5.74) is 0.768. The van der Waals surface area contributed by atoms with Crippen LogP contribution in [-0.2, 0) is 25.5 Å². The van der Waals surface area contributed by atoms with E-state index in [9.17, 15) is 14.0 Å². The van der Waals surface area contributed by atoms with E-state index < -0.39 is 0 Å². The van der Waals surface area contributed by atoms with Gasteiger partial charge in [0, 0.05) is 26.7 Å². The number of fused-ring (bicyclic) bond motifs is 1. The Kier molecular flexibility index (Phi) is 5.11. The number of hydrogen-bond acceptors (Lipinski definition) is 4. The Morgan fingerprint density at radius 1 is 1.33 bits per heavy atom. The number of carbonyl (C=O) groups excluding carboxylic acids is 2. The van der Waals surface area contributed by atoms with Crippen LogP contribution < -0.4 is 0 Å². The number of amides is 2. The van der Waals surface area contributed by atoms with Crippen LogP contribution in [0.4, 0.5) is 4.39 Å². The van der Waals surface area contributed by atoms with Crippen LogP contribution >= 0.6 is 0 Å². The van der Waals surface area contributed by atoms with Crippen LogP contribution in [0.25, 0.3) is 0 Å². The topological polar surface area (TPSA) is 59.1 Å². The van der Waals surface area contributed by atoms with Gasteiger partial charge in [0.2, 0.25) is 11.8 Å². The summed E-state index contributed by atoms with van der Waals surface area (Å²) < 4.78 is 23.6. The lowest BCUT2D eigenvalue weighted by molar-refractivity contribution is -0.153. The number of morpholine rings is 1. The van der Waals surface area contributed by atoms with Gasteiger partial charge in [-0.3, -0.25) is 9.59 Å². The molecular formula is C17H21FN2O4. The number of hydrogen-bond donors (Lipinski definition) is 0. The van der Waals surface area contributed by atoms with Crippen molar-refractivity contribution in [1.82, 2.24) is 9.80 Å². The fourth-order valence-corrected chi connectivity index (χ4v) is 3.24. The predicted octanol–water partition coefficient (Wildman–Crippen LogP) is 0.453. The normalized spacial score (nSPS) is 23.5. The minimum atomic E-state index is -0.320. The third-order valence-electron chi connectivity index (χ3n) is 4.54. The van der Waals surface area contributed by atoms with Crippen LogP contribution in [0.2, 0.25) is 0 Å². The van der Waals surface area contributed by atoms with Crippen molar-refractivity contribution in [2.75, 3.05) is 40.0 Å². The molecular weight excluding hydrogens is 315 g/mol. The lowest BCUT2D eigenvalue weighted by atomic mass is 10.1. The molecule has 0 N–H and O–H groups in total. The summed E-state index contributed by atoms with van der Waals surface area (Å²) in [4.78, 5) is 28.0. The molecule has 6 nitrogen and oxygen atoms in total. The molecule has 0 aliphatic carbocycles. The van der Waals surface area contributed by atoms with Crippen LogP contribution in [0.3, 0.4) is 0 Å². The number of methoxy groups -OCH3 is 1. The molecule has 0 spiro atoms. The summed E-state index contributed by atoms with van der Waals surface area (Å²) in [6.45, 7) is 1.94. The van der Waals surface area contributed by atoms with E-state index >= 15 is 0 Å². The molecule has 2 fully saturated rings. The first-order valence-corrected chi connectivity index (χ1v) is 8.00. The third-order valence-corrected chi connectivity index (χ3v) is 4.54. The highest BCUT2D eigenvalue weighted by atomic mass is 19.1. The zero-order chi connectivity index (χ0) is 17.1. The molecule has 7 heteroatoms. The third kappa shape index (κ3) is 3.57. The number of likely N-dealkylation sites (tertiary alicyclic amines) is 1. The Morgan fingerprint density at radius 3 is 2.79 bits per heavy atom. The first-order valence-electron chi connectivity index (χ1n) is 8.00. The van der Waals surface area contributed by atoms with Gasteiger partial charge in [-0.15, -0.1) is 0 Å². The molecule has 2 aliphatic rings. The van der Waals surface area contributed by atoms with Crippen molar-refractivity contribution in [2.24, 2.45) is 0 Å². The predicted molar refractivity (Wildman–Crippen MR) is 83.8 cm³/mol. The molecule has 2 amide bonds. The van der Waals surface area contributed by atoms with Gasteiger partial charge in [-0.25, -0.2) is 4.39 Å². The maximum atomic E-state index is 12.9. The van der Waals surface area contributed by atoms with Crippen LogP contribution in [0.15, 0.2) is 24.3 Å². The van der Waals surface area contributed by atoms with E-state index in [1.54, 1.807) is 29.0 Å². The van der Waals surface area contributed by atoms with E-state index in [2.05, 4.69) is 0 Å². The zero-order valence-electron chi connectivity index (χ0n) is 13.6. The van der Waals surface area contributed by atoms with E-state index in [4.69, 9.17) is 9.47 Å². The quantitative estimate of drug-likeness (QED) is 0.784. The molecule has 130 valence electrons. The number of nitrogens with zero attached hydrogens (tertiary/aromatic N) is 2. The largest absolute Gasteiger partial charge is 0.383 e. The average molecular weight is 336 g/mol. The Hall–Kier alpha value is -1.99. The molecule has 2 aliphatic heterocycles. The first-order chi connectivity index (χ1) is 11.6. The highest BCUT2D eigenvalue weighted by Crippen LogP contribution is 2.24. The van der Waals surface area contributed by atoms with Crippen LogP contribution in [-0.4, -0.2) is 73.7 Å². The number of halogens is 1. The molecule has 0 bridgehead atoms. The van der Waals surface area contributed by atoms with Gasteiger partial charge >= 0.3 is 0 Å². The maximum Gasteiger partial charge on any atom is 0.249 e. The summed E-state index contributed by atoms with van der Waals surface area (Å²) in [5, 5.41) is 0. The first kappa shape index (κ1) is 16.9. The molecule has 0 aromatic heterocycles. The SMILES string of the molecule is COCCN1C(=O)CO[C@@H]2CN(C(=O)Cc3ccc(F)cc3)C[C@H]21. The van der Waals surface area contributed by atoms with Crippen molar-refractivity contribution in [2.45, 2.75) is 18.6 Å². The van der Waals surface area contributed by atoms with Crippen molar-refractivity contribution in [3.63, 3.8) is 0 Å². The highest BCUT2D eigenvalue weighted by Gasteiger charge is 2.44. The molecule has 24 heavy (non-hydrogen) atoms. The van der Waals surface area contributed by atoms with Crippen molar-refractivity contribution >= 4 is 11.8 Å². The number of carbonyl (C=O) groups is 2. The molecule has 0 unspecified atom stereocenters. The van der Waals surface area contributed by atoms with Gasteiger partial charge in [0.15, 0.2) is 0 Å². The molecule has 0 radical (unpaired) electrons. The van der Waals surface area contributed by atoms with Crippen molar-refractivity contribution in [1.29, 1.82) is 0 Å². The number of rotatable bonds is 5. The highest BCUT2D eigenvalue weighted by molar-refractivity contribution is 5.81. The van der Waals surface area contributed by atoms with Gasteiger partial charge in [0.05, 0.1) is 25.2 Å². The Labute approximate surface area is 140 Å². The van der Waals surface area contributed by atoms with Crippen LogP contribution in [0, 0.1) is 5.82 Å². The second kappa shape index (κ2) is 7.27. The minimum absolute atomic E-state index is 0.0428. The molecule has 2 saturated heterocycles. The molecule has 1 aromatic rings. The monoisotopic (exact) mass is 336 g/mol. The Bertz CT molecular complexity index is 607. The van der Waals surface area contributed by atoms with Gasteiger partial charge in [-0.05, 0) is 17.7 Å². The zero-order valence-corrected chi connectivity index (χ0v) is 13.6. The van der Waals surface area contributed by atoms with Gasteiger partial charge in [0.25, 0.3) is 0 Å². The van der Waals surface area contributed by atoms with Crippen molar-refractivity contribution in [3.05, 3.63) is 35.6 Å². The standard InChI is InChI=1S/C17H21FN2O4/c1-23-7-6-20-14-9-19(10-15(14)24-11-17(20)22)16(21)8-12-2-4-13(18)5-3-12/h2-5,14-15H,6-11H2,1H3/t14-,15-/m1/s1. The van der Waals surface area contributed by atoms with E-state index in [-0.39, 0.29) is 42.8 Å². The van der Waals surface area contributed by atoms with Gasteiger partial charge in [-0.2, -0.15) is 0 Å². The smallest absolute Gasteiger partial charge is 0.249 e. The molecule has 2 heterocycles. The summed E-state index contributed by atoms with van der Waals surface area (Å²) >= 11 is 0. The minimum Gasteiger partial charge on any atom is -0.383 e. The number of benzene rings is 1. The van der Waals surface area contributed by atoms with E-state index in [0.717, 1.165) is 5.56 Å². The average Bonchev–Trinajstić information content (AvgIpc) is 3.00. The van der Waals surface area contributed by atoms with Crippen molar-refractivity contribution < 1.29 is 23.5 Å². The fraction of sp³-hybridized carbons (Fsp3) is 0.529. The van der Waals surface area contributed by atoms with E-state index in [1.165, 1.54) is 12.1 Å². The molecule has 3 rings (SSSR count). The summed E-state index contributed by atoms with van der Waals surface area (Å²) in [7, 11) is 1.59. The number of ether oxygens (including phenoxy) is 2. The fourth-order valence-electron chi connectivity index (χ4n) is 3.24. The maximum absolute atomic E-state index is 12.9. The van der Waals surface area contributed by atoms with Crippen molar-refractivity contribution in [3.8, 4) is 0 Å². The Morgan fingerprint density at radius 2 is 2.08 bits per heavy atom.